The van der Waals surface area contributed by atoms with Crippen molar-refractivity contribution in [2.24, 2.45) is 5.92 Å². The second-order valence-corrected chi connectivity index (χ2v) is 6.88. The topological polar surface area (TPSA) is 60.2 Å². The van der Waals surface area contributed by atoms with Crippen molar-refractivity contribution in [3.05, 3.63) is 23.7 Å². The van der Waals surface area contributed by atoms with Crippen LogP contribution in [0.5, 0.6) is 0 Å². The van der Waals surface area contributed by atoms with E-state index in [0.717, 1.165) is 30.3 Å². The zero-order valence-corrected chi connectivity index (χ0v) is 13.9. The molecule has 3 rings (SSSR count). The second kappa shape index (κ2) is 5.80. The standard InChI is InChI=1S/C16H22ClN3O2/c1-4-10-7-11(8-13(10)22-16(2,3)21)20-6-5-12-14(17)18-9-19-15(12)20/h5-6,9-11,13,21H,4,7-8H2,1-3H3/t10-,11+,13-/m0/s1. The largest absolute Gasteiger partial charge is 0.366 e. The van der Waals surface area contributed by atoms with Crippen LogP contribution in [0.15, 0.2) is 18.6 Å². The average Bonchev–Trinajstić information content (AvgIpc) is 3.01. The highest BCUT2D eigenvalue weighted by Gasteiger charge is 2.38. The van der Waals surface area contributed by atoms with E-state index in [1.165, 1.54) is 6.33 Å². The van der Waals surface area contributed by atoms with Gasteiger partial charge in [-0.05, 0) is 38.7 Å². The van der Waals surface area contributed by atoms with E-state index in [2.05, 4.69) is 21.5 Å². The molecule has 0 aliphatic heterocycles. The highest BCUT2D eigenvalue weighted by atomic mass is 35.5. The summed E-state index contributed by atoms with van der Waals surface area (Å²) in [4.78, 5) is 8.40. The van der Waals surface area contributed by atoms with Gasteiger partial charge < -0.3 is 14.4 Å². The number of ether oxygens (including phenoxy) is 1. The van der Waals surface area contributed by atoms with Crippen LogP contribution in [-0.2, 0) is 4.74 Å². The number of hydrogen-bond acceptors (Lipinski definition) is 4. The van der Waals surface area contributed by atoms with Gasteiger partial charge >= 0.3 is 0 Å². The normalized spacial score (nSPS) is 26.0. The van der Waals surface area contributed by atoms with Gasteiger partial charge in [0.05, 0.1) is 11.5 Å². The lowest BCUT2D eigenvalue weighted by atomic mass is 10.0. The number of hydrogen-bond donors (Lipinski definition) is 1. The summed E-state index contributed by atoms with van der Waals surface area (Å²) < 4.78 is 8.02. The number of rotatable bonds is 4. The van der Waals surface area contributed by atoms with Crippen LogP contribution in [0.2, 0.25) is 5.15 Å². The van der Waals surface area contributed by atoms with Crippen molar-refractivity contribution < 1.29 is 9.84 Å². The van der Waals surface area contributed by atoms with Crippen molar-refractivity contribution in [2.45, 2.75) is 58.0 Å². The Morgan fingerprint density at radius 3 is 2.86 bits per heavy atom. The Hall–Kier alpha value is -1.17. The number of nitrogens with zero attached hydrogens (tertiary/aromatic N) is 3. The molecule has 120 valence electrons. The third kappa shape index (κ3) is 2.98. The van der Waals surface area contributed by atoms with Crippen LogP contribution >= 0.6 is 11.6 Å². The summed E-state index contributed by atoms with van der Waals surface area (Å²) in [7, 11) is 0. The number of fused-ring (bicyclic) bond motifs is 1. The lowest BCUT2D eigenvalue weighted by Crippen LogP contribution is -2.32. The van der Waals surface area contributed by atoms with Crippen LogP contribution in [0.3, 0.4) is 0 Å². The minimum atomic E-state index is -1.10. The highest BCUT2D eigenvalue weighted by Crippen LogP contribution is 2.41. The highest BCUT2D eigenvalue weighted by molar-refractivity contribution is 6.33. The van der Waals surface area contributed by atoms with E-state index in [-0.39, 0.29) is 6.10 Å². The maximum Gasteiger partial charge on any atom is 0.160 e. The molecule has 0 bridgehead atoms. The van der Waals surface area contributed by atoms with Crippen molar-refractivity contribution in [1.82, 2.24) is 14.5 Å². The van der Waals surface area contributed by atoms with Crippen LogP contribution in [0, 0.1) is 5.92 Å². The molecule has 6 heteroatoms. The molecule has 0 radical (unpaired) electrons. The van der Waals surface area contributed by atoms with Gasteiger partial charge in [0, 0.05) is 12.2 Å². The molecule has 0 spiro atoms. The maximum atomic E-state index is 9.95. The van der Waals surface area contributed by atoms with Crippen LogP contribution in [-0.4, -0.2) is 31.5 Å². The quantitative estimate of drug-likeness (QED) is 0.690. The molecule has 0 unspecified atom stereocenters. The van der Waals surface area contributed by atoms with Gasteiger partial charge in [-0.1, -0.05) is 24.9 Å². The number of halogens is 1. The Labute approximate surface area is 135 Å². The van der Waals surface area contributed by atoms with Gasteiger partial charge in [-0.25, -0.2) is 9.97 Å². The summed E-state index contributed by atoms with van der Waals surface area (Å²) in [5.41, 5.74) is 0.865. The molecule has 0 aromatic carbocycles. The zero-order chi connectivity index (χ0) is 15.9. The summed E-state index contributed by atoms with van der Waals surface area (Å²) in [6.45, 7) is 5.54. The molecular weight excluding hydrogens is 302 g/mol. The molecular formula is C16H22ClN3O2. The van der Waals surface area contributed by atoms with Crippen molar-refractivity contribution in [3.8, 4) is 0 Å². The predicted octanol–water partition coefficient (Wildman–Crippen LogP) is 3.56. The fourth-order valence-electron chi connectivity index (χ4n) is 3.46. The van der Waals surface area contributed by atoms with Gasteiger partial charge in [0.1, 0.15) is 17.1 Å². The Morgan fingerprint density at radius 1 is 1.41 bits per heavy atom. The molecule has 2 aromatic heterocycles. The maximum absolute atomic E-state index is 9.95. The SMILES string of the molecule is CC[C@H]1C[C@@H](n2ccc3c(Cl)ncnc32)C[C@@H]1OC(C)(C)O. The van der Waals surface area contributed by atoms with Crippen molar-refractivity contribution in [3.63, 3.8) is 0 Å². The molecule has 3 atom stereocenters. The first-order valence-corrected chi connectivity index (χ1v) is 8.14. The lowest BCUT2D eigenvalue weighted by Gasteiger charge is -2.27. The minimum Gasteiger partial charge on any atom is -0.366 e. The van der Waals surface area contributed by atoms with Gasteiger partial charge in [-0.3, -0.25) is 0 Å². The molecule has 1 N–H and O–H groups in total. The fraction of sp³-hybridized carbons (Fsp3) is 0.625. The van der Waals surface area contributed by atoms with E-state index in [4.69, 9.17) is 16.3 Å². The lowest BCUT2D eigenvalue weighted by molar-refractivity contribution is -0.212. The summed E-state index contributed by atoms with van der Waals surface area (Å²) in [6.07, 6.45) is 6.50. The first-order chi connectivity index (χ1) is 10.4. The minimum absolute atomic E-state index is 0.0600. The molecule has 1 aliphatic carbocycles. The predicted molar refractivity (Wildman–Crippen MR) is 85.8 cm³/mol. The summed E-state index contributed by atoms with van der Waals surface area (Å²) in [5.74, 6) is -0.664. The summed E-state index contributed by atoms with van der Waals surface area (Å²) in [6, 6.07) is 2.27. The molecule has 0 amide bonds. The van der Waals surface area contributed by atoms with Gasteiger partial charge in [0.15, 0.2) is 5.79 Å². The molecule has 2 heterocycles. The Balaban J connectivity index is 1.87. The smallest absolute Gasteiger partial charge is 0.160 e. The molecule has 1 aliphatic rings. The second-order valence-electron chi connectivity index (χ2n) is 6.52. The van der Waals surface area contributed by atoms with E-state index in [9.17, 15) is 5.11 Å². The monoisotopic (exact) mass is 323 g/mol. The van der Waals surface area contributed by atoms with Crippen molar-refractivity contribution >= 4 is 22.6 Å². The number of aromatic nitrogens is 3. The van der Waals surface area contributed by atoms with E-state index in [1.54, 1.807) is 13.8 Å². The summed E-state index contributed by atoms with van der Waals surface area (Å²) >= 11 is 6.13. The first kappa shape index (κ1) is 15.7. The Bertz CT molecular complexity index is 665. The Kier molecular flexibility index (Phi) is 4.14. The van der Waals surface area contributed by atoms with Crippen LogP contribution in [0.4, 0.5) is 0 Å². The van der Waals surface area contributed by atoms with E-state index in [1.807, 2.05) is 12.3 Å². The van der Waals surface area contributed by atoms with Gasteiger partial charge in [0.2, 0.25) is 0 Å². The molecule has 22 heavy (non-hydrogen) atoms. The van der Waals surface area contributed by atoms with E-state index in [0.29, 0.717) is 17.1 Å². The molecule has 1 saturated carbocycles. The molecule has 0 saturated heterocycles. The number of aliphatic hydroxyl groups is 1. The van der Waals surface area contributed by atoms with E-state index >= 15 is 0 Å². The molecule has 1 fully saturated rings. The summed E-state index contributed by atoms with van der Waals surface area (Å²) in [5, 5.41) is 11.3. The van der Waals surface area contributed by atoms with Gasteiger partial charge in [0.25, 0.3) is 0 Å². The third-order valence-electron chi connectivity index (χ3n) is 4.42. The zero-order valence-electron chi connectivity index (χ0n) is 13.2. The third-order valence-corrected chi connectivity index (χ3v) is 4.72. The van der Waals surface area contributed by atoms with Crippen LogP contribution < -0.4 is 0 Å². The van der Waals surface area contributed by atoms with E-state index < -0.39 is 5.79 Å². The van der Waals surface area contributed by atoms with Crippen LogP contribution in [0.25, 0.3) is 11.0 Å². The Morgan fingerprint density at radius 2 is 2.18 bits per heavy atom. The van der Waals surface area contributed by atoms with Crippen LogP contribution in [0.1, 0.15) is 46.1 Å². The molecule has 2 aromatic rings. The average molecular weight is 324 g/mol. The van der Waals surface area contributed by atoms with Gasteiger partial charge in [-0.15, -0.1) is 0 Å². The van der Waals surface area contributed by atoms with Crippen molar-refractivity contribution in [1.29, 1.82) is 0 Å². The fourth-order valence-corrected chi connectivity index (χ4v) is 3.66. The van der Waals surface area contributed by atoms with Crippen molar-refractivity contribution in [2.75, 3.05) is 0 Å². The van der Waals surface area contributed by atoms with Gasteiger partial charge in [-0.2, -0.15) is 0 Å². The molecule has 5 nitrogen and oxygen atoms in total. The first-order valence-electron chi connectivity index (χ1n) is 7.76.